The molecule has 0 aromatic carbocycles. The molecule has 5 nitrogen and oxygen atoms in total. The predicted molar refractivity (Wildman–Crippen MR) is 65.4 cm³/mol. The van der Waals surface area contributed by atoms with Crippen molar-refractivity contribution in [1.29, 1.82) is 0 Å². The Hall–Kier alpha value is -1.62. The first-order chi connectivity index (χ1) is 8.16. The molecule has 5 heteroatoms. The van der Waals surface area contributed by atoms with Crippen molar-refractivity contribution in [1.82, 2.24) is 19.7 Å². The number of fused-ring (bicyclic) bond motifs is 1. The maximum absolute atomic E-state index is 6.08. The van der Waals surface area contributed by atoms with E-state index in [4.69, 9.17) is 5.73 Å². The van der Waals surface area contributed by atoms with Gasteiger partial charge in [0.15, 0.2) is 0 Å². The van der Waals surface area contributed by atoms with Gasteiger partial charge in [-0.3, -0.25) is 4.68 Å². The molecule has 90 valence electrons. The quantitative estimate of drug-likeness (QED) is 0.780. The molecule has 2 heterocycles. The van der Waals surface area contributed by atoms with Crippen LogP contribution in [0.1, 0.15) is 36.0 Å². The van der Waals surface area contributed by atoms with E-state index in [0.717, 1.165) is 42.0 Å². The van der Waals surface area contributed by atoms with Gasteiger partial charge in [-0.2, -0.15) is 5.10 Å². The lowest BCUT2D eigenvalue weighted by atomic mass is 9.97. The molecule has 0 aliphatic heterocycles. The standard InChI is InChI=1S/C12H17N5/c1-7-8(6-14-17(7)2)12-15-10-5-3-4-9(13)11(10)16-12/h6,9H,3-5,13H2,1-2H3,(H,15,16). The number of nitrogens with two attached hydrogens (primary N) is 1. The van der Waals surface area contributed by atoms with Crippen LogP contribution in [0.5, 0.6) is 0 Å². The molecule has 0 spiro atoms. The Morgan fingerprint density at radius 2 is 2.35 bits per heavy atom. The molecule has 1 aliphatic carbocycles. The molecule has 2 aromatic heterocycles. The van der Waals surface area contributed by atoms with Gasteiger partial charge in [-0.05, 0) is 26.2 Å². The summed E-state index contributed by atoms with van der Waals surface area (Å²) in [5.41, 5.74) is 10.5. The Kier molecular flexibility index (Phi) is 2.29. The van der Waals surface area contributed by atoms with Gasteiger partial charge >= 0.3 is 0 Å². The Labute approximate surface area is 100 Å². The van der Waals surface area contributed by atoms with Crippen LogP contribution in [-0.4, -0.2) is 19.7 Å². The van der Waals surface area contributed by atoms with Gasteiger partial charge in [0.05, 0.1) is 17.5 Å². The molecule has 0 radical (unpaired) electrons. The predicted octanol–water partition coefficient (Wildman–Crippen LogP) is 1.45. The van der Waals surface area contributed by atoms with E-state index in [9.17, 15) is 0 Å². The van der Waals surface area contributed by atoms with Crippen molar-refractivity contribution in [3.63, 3.8) is 0 Å². The second-order valence-electron chi connectivity index (χ2n) is 4.72. The average molecular weight is 231 g/mol. The maximum Gasteiger partial charge on any atom is 0.141 e. The van der Waals surface area contributed by atoms with Crippen LogP contribution in [0.3, 0.4) is 0 Å². The van der Waals surface area contributed by atoms with Crippen LogP contribution in [0.4, 0.5) is 0 Å². The Morgan fingerprint density at radius 1 is 1.53 bits per heavy atom. The van der Waals surface area contributed by atoms with E-state index in [0.29, 0.717) is 0 Å². The molecule has 2 aromatic rings. The zero-order chi connectivity index (χ0) is 12.0. The van der Waals surface area contributed by atoms with Crippen molar-refractivity contribution in [3.8, 4) is 11.4 Å². The van der Waals surface area contributed by atoms with Crippen molar-refractivity contribution in [3.05, 3.63) is 23.3 Å². The van der Waals surface area contributed by atoms with Crippen molar-refractivity contribution in [2.75, 3.05) is 0 Å². The number of rotatable bonds is 1. The van der Waals surface area contributed by atoms with Gasteiger partial charge in [-0.1, -0.05) is 0 Å². The first kappa shape index (κ1) is 10.5. The topological polar surface area (TPSA) is 72.5 Å². The summed E-state index contributed by atoms with van der Waals surface area (Å²) in [5, 5.41) is 4.24. The number of nitrogens with one attached hydrogen (secondary N) is 1. The van der Waals surface area contributed by atoms with E-state index in [1.165, 1.54) is 5.69 Å². The molecule has 17 heavy (non-hydrogen) atoms. The fraction of sp³-hybridized carbons (Fsp3) is 0.500. The van der Waals surface area contributed by atoms with E-state index < -0.39 is 0 Å². The van der Waals surface area contributed by atoms with Gasteiger partial charge in [-0.15, -0.1) is 0 Å². The first-order valence-electron chi connectivity index (χ1n) is 6.00. The van der Waals surface area contributed by atoms with Gasteiger partial charge in [0.2, 0.25) is 0 Å². The van der Waals surface area contributed by atoms with E-state index >= 15 is 0 Å². The van der Waals surface area contributed by atoms with E-state index in [1.54, 1.807) is 0 Å². The van der Waals surface area contributed by atoms with Crippen molar-refractivity contribution >= 4 is 0 Å². The van der Waals surface area contributed by atoms with E-state index in [2.05, 4.69) is 15.1 Å². The second kappa shape index (κ2) is 3.70. The van der Waals surface area contributed by atoms with Crippen molar-refractivity contribution in [2.45, 2.75) is 32.2 Å². The zero-order valence-electron chi connectivity index (χ0n) is 10.2. The zero-order valence-corrected chi connectivity index (χ0v) is 10.2. The van der Waals surface area contributed by atoms with Crippen LogP contribution < -0.4 is 5.73 Å². The minimum Gasteiger partial charge on any atom is -0.341 e. The second-order valence-corrected chi connectivity index (χ2v) is 4.72. The van der Waals surface area contributed by atoms with Crippen LogP contribution >= 0.6 is 0 Å². The number of hydrogen-bond acceptors (Lipinski definition) is 3. The fourth-order valence-corrected chi connectivity index (χ4v) is 2.41. The number of aryl methyl sites for hydroxylation is 2. The lowest BCUT2D eigenvalue weighted by molar-refractivity contribution is 0.555. The molecule has 3 rings (SSSR count). The third kappa shape index (κ3) is 1.58. The molecule has 0 fully saturated rings. The van der Waals surface area contributed by atoms with Gasteiger partial charge < -0.3 is 10.7 Å². The Morgan fingerprint density at radius 3 is 3.00 bits per heavy atom. The van der Waals surface area contributed by atoms with Crippen molar-refractivity contribution in [2.24, 2.45) is 12.8 Å². The minimum atomic E-state index is 0.0840. The molecule has 1 unspecified atom stereocenters. The largest absolute Gasteiger partial charge is 0.341 e. The molecular formula is C12H17N5. The fourth-order valence-electron chi connectivity index (χ4n) is 2.41. The highest BCUT2D eigenvalue weighted by molar-refractivity contribution is 5.58. The van der Waals surface area contributed by atoms with E-state index in [-0.39, 0.29) is 6.04 Å². The highest BCUT2D eigenvalue weighted by atomic mass is 15.3. The summed E-state index contributed by atoms with van der Waals surface area (Å²) in [5.74, 6) is 0.901. The third-order valence-electron chi connectivity index (χ3n) is 3.59. The summed E-state index contributed by atoms with van der Waals surface area (Å²) in [6, 6.07) is 0.0840. The molecule has 1 aliphatic rings. The maximum atomic E-state index is 6.08. The molecule has 0 saturated heterocycles. The Bertz CT molecular complexity index is 551. The first-order valence-corrected chi connectivity index (χ1v) is 6.00. The number of hydrogen-bond donors (Lipinski definition) is 2. The normalized spacial score (nSPS) is 19.4. The summed E-state index contributed by atoms with van der Waals surface area (Å²) in [6.45, 7) is 2.05. The van der Waals surface area contributed by atoms with E-state index in [1.807, 2.05) is 24.9 Å². The summed E-state index contributed by atoms with van der Waals surface area (Å²) >= 11 is 0. The highest BCUT2D eigenvalue weighted by Crippen LogP contribution is 2.29. The van der Waals surface area contributed by atoms with Crippen LogP contribution in [0.15, 0.2) is 6.20 Å². The molecule has 3 N–H and O–H groups in total. The SMILES string of the molecule is Cc1c(-c2nc3c([nH]2)CCCC3N)cnn1C. The monoisotopic (exact) mass is 231 g/mol. The van der Waals surface area contributed by atoms with Crippen LogP contribution in [-0.2, 0) is 13.5 Å². The highest BCUT2D eigenvalue weighted by Gasteiger charge is 2.22. The summed E-state index contributed by atoms with van der Waals surface area (Å²) < 4.78 is 1.86. The summed E-state index contributed by atoms with van der Waals surface area (Å²) in [4.78, 5) is 8.03. The molecule has 0 saturated carbocycles. The number of imidazole rings is 1. The van der Waals surface area contributed by atoms with Crippen LogP contribution in [0, 0.1) is 6.92 Å². The number of H-pyrrole nitrogens is 1. The molecular weight excluding hydrogens is 214 g/mol. The van der Waals surface area contributed by atoms with Gasteiger partial charge in [0.1, 0.15) is 5.82 Å². The number of nitrogens with zero attached hydrogens (tertiary/aromatic N) is 3. The van der Waals surface area contributed by atoms with Crippen LogP contribution in [0.2, 0.25) is 0 Å². The summed E-state index contributed by atoms with van der Waals surface area (Å²) in [6.07, 6.45) is 5.08. The number of aromatic amines is 1. The Balaban J connectivity index is 2.08. The average Bonchev–Trinajstić information content (AvgIpc) is 2.85. The van der Waals surface area contributed by atoms with Gasteiger partial charge in [0, 0.05) is 24.5 Å². The molecule has 0 bridgehead atoms. The molecule has 1 atom stereocenters. The molecule has 0 amide bonds. The lowest BCUT2D eigenvalue weighted by Crippen LogP contribution is -2.17. The van der Waals surface area contributed by atoms with Crippen LogP contribution in [0.25, 0.3) is 11.4 Å². The van der Waals surface area contributed by atoms with Gasteiger partial charge in [-0.25, -0.2) is 4.98 Å². The smallest absolute Gasteiger partial charge is 0.141 e. The van der Waals surface area contributed by atoms with Gasteiger partial charge in [0.25, 0.3) is 0 Å². The lowest BCUT2D eigenvalue weighted by Gasteiger charge is -2.15. The minimum absolute atomic E-state index is 0.0840. The van der Waals surface area contributed by atoms with Crippen molar-refractivity contribution < 1.29 is 0 Å². The third-order valence-corrected chi connectivity index (χ3v) is 3.59. The summed E-state index contributed by atoms with van der Waals surface area (Å²) in [7, 11) is 1.94. The number of aromatic nitrogens is 4.